The van der Waals surface area contributed by atoms with Gasteiger partial charge in [0.25, 0.3) is 5.56 Å². The molecule has 0 aliphatic carbocycles. The fourth-order valence-corrected chi connectivity index (χ4v) is 1.94. The van der Waals surface area contributed by atoms with E-state index in [9.17, 15) is 18.0 Å². The van der Waals surface area contributed by atoms with Gasteiger partial charge in [-0.25, -0.2) is 4.98 Å². The van der Waals surface area contributed by atoms with Gasteiger partial charge in [-0.2, -0.15) is 13.2 Å². The summed E-state index contributed by atoms with van der Waals surface area (Å²) in [6, 6.07) is 0.339. The Morgan fingerprint density at radius 3 is 2.83 bits per heavy atom. The number of hydrogen-bond acceptors (Lipinski definition) is 4. The number of H-pyrrole nitrogens is 1. The highest BCUT2D eigenvalue weighted by Gasteiger charge is 2.34. The predicted octanol–water partition coefficient (Wildman–Crippen LogP) is 0.716. The Balaban J connectivity index is 2.33. The largest absolute Gasteiger partial charge is 0.433 e. The molecule has 2 heterocycles. The van der Waals surface area contributed by atoms with E-state index < -0.39 is 17.4 Å². The Bertz CT molecular complexity index is 485. The molecule has 3 N–H and O–H groups in total. The number of anilines is 1. The fourth-order valence-electron chi connectivity index (χ4n) is 1.94. The van der Waals surface area contributed by atoms with Crippen LogP contribution < -0.4 is 16.2 Å². The molecule has 1 aromatic heterocycles. The van der Waals surface area contributed by atoms with E-state index in [0.29, 0.717) is 19.2 Å². The van der Waals surface area contributed by atoms with Crippen molar-refractivity contribution in [3.05, 3.63) is 22.1 Å². The minimum absolute atomic E-state index is 0.0648. The Labute approximate surface area is 101 Å². The Morgan fingerprint density at radius 1 is 1.50 bits per heavy atom. The second kappa shape index (κ2) is 4.60. The third-order valence-electron chi connectivity index (χ3n) is 2.78. The first kappa shape index (κ1) is 12.9. The van der Waals surface area contributed by atoms with Gasteiger partial charge in [0.15, 0.2) is 5.69 Å². The number of aromatic amines is 1. The van der Waals surface area contributed by atoms with Crippen molar-refractivity contribution in [2.45, 2.75) is 25.1 Å². The molecule has 0 radical (unpaired) electrons. The fraction of sp³-hybridized carbons (Fsp3) is 0.600. The van der Waals surface area contributed by atoms with Gasteiger partial charge in [-0.3, -0.25) is 9.78 Å². The quantitative estimate of drug-likeness (QED) is 0.782. The molecule has 0 aromatic carbocycles. The SMILES string of the molecule is NC1CCCN(c2nc(C(F)(F)F)cc(=O)[nH]2)C1. The number of halogens is 3. The Kier molecular flexibility index (Phi) is 3.29. The monoisotopic (exact) mass is 262 g/mol. The lowest BCUT2D eigenvalue weighted by atomic mass is 10.1. The molecule has 18 heavy (non-hydrogen) atoms. The molecule has 1 fully saturated rings. The molecule has 1 unspecified atom stereocenters. The minimum atomic E-state index is -4.62. The normalized spacial score (nSPS) is 21.1. The van der Waals surface area contributed by atoms with Crippen LogP contribution >= 0.6 is 0 Å². The van der Waals surface area contributed by atoms with E-state index in [-0.39, 0.29) is 12.0 Å². The summed E-state index contributed by atoms with van der Waals surface area (Å²) in [5.41, 5.74) is 3.75. The molecule has 1 aliphatic heterocycles. The number of alkyl halides is 3. The number of hydrogen-bond donors (Lipinski definition) is 2. The maximum absolute atomic E-state index is 12.5. The van der Waals surface area contributed by atoms with Crippen molar-refractivity contribution in [2.24, 2.45) is 5.73 Å². The molecule has 0 saturated carbocycles. The van der Waals surface area contributed by atoms with Crippen LogP contribution in [0.1, 0.15) is 18.5 Å². The second-order valence-electron chi connectivity index (χ2n) is 4.30. The van der Waals surface area contributed by atoms with Crippen LogP contribution in [0.4, 0.5) is 19.1 Å². The average Bonchev–Trinajstić information content (AvgIpc) is 2.27. The first-order chi connectivity index (χ1) is 8.36. The van der Waals surface area contributed by atoms with Crippen LogP contribution in [0.3, 0.4) is 0 Å². The van der Waals surface area contributed by atoms with E-state index in [1.54, 1.807) is 4.90 Å². The zero-order chi connectivity index (χ0) is 13.3. The summed E-state index contributed by atoms with van der Waals surface area (Å²) in [6.07, 6.45) is -3.04. The van der Waals surface area contributed by atoms with Crippen LogP contribution in [0.5, 0.6) is 0 Å². The molecule has 5 nitrogen and oxygen atoms in total. The van der Waals surface area contributed by atoms with Crippen LogP contribution in [0.15, 0.2) is 10.9 Å². The second-order valence-corrected chi connectivity index (χ2v) is 4.30. The van der Waals surface area contributed by atoms with Gasteiger partial charge in [-0.05, 0) is 12.8 Å². The van der Waals surface area contributed by atoms with Gasteiger partial charge in [0.05, 0.1) is 0 Å². The molecule has 100 valence electrons. The molecule has 0 amide bonds. The van der Waals surface area contributed by atoms with Crippen molar-refractivity contribution in [3.63, 3.8) is 0 Å². The molecule has 0 bridgehead atoms. The smallest absolute Gasteiger partial charge is 0.341 e. The summed E-state index contributed by atoms with van der Waals surface area (Å²) >= 11 is 0. The molecule has 1 saturated heterocycles. The molecular weight excluding hydrogens is 249 g/mol. The summed E-state index contributed by atoms with van der Waals surface area (Å²) in [4.78, 5) is 18.6. The number of nitrogens with one attached hydrogen (secondary N) is 1. The zero-order valence-corrected chi connectivity index (χ0v) is 9.50. The number of rotatable bonds is 1. The highest BCUT2D eigenvalue weighted by Crippen LogP contribution is 2.27. The van der Waals surface area contributed by atoms with E-state index in [0.717, 1.165) is 12.8 Å². The highest BCUT2D eigenvalue weighted by molar-refractivity contribution is 5.32. The van der Waals surface area contributed by atoms with E-state index in [2.05, 4.69) is 9.97 Å². The van der Waals surface area contributed by atoms with E-state index in [4.69, 9.17) is 5.73 Å². The molecule has 1 aliphatic rings. The average molecular weight is 262 g/mol. The number of nitrogens with zero attached hydrogens (tertiary/aromatic N) is 2. The molecule has 1 atom stereocenters. The predicted molar refractivity (Wildman–Crippen MR) is 59.3 cm³/mol. The highest BCUT2D eigenvalue weighted by atomic mass is 19.4. The minimum Gasteiger partial charge on any atom is -0.341 e. The first-order valence-corrected chi connectivity index (χ1v) is 5.55. The third-order valence-corrected chi connectivity index (χ3v) is 2.78. The van der Waals surface area contributed by atoms with Crippen LogP contribution in [-0.4, -0.2) is 29.1 Å². The zero-order valence-electron chi connectivity index (χ0n) is 9.50. The van der Waals surface area contributed by atoms with E-state index >= 15 is 0 Å². The summed E-state index contributed by atoms with van der Waals surface area (Å²) in [6.45, 7) is 0.933. The van der Waals surface area contributed by atoms with Crippen molar-refractivity contribution >= 4 is 5.95 Å². The lowest BCUT2D eigenvalue weighted by Gasteiger charge is -2.31. The number of aromatic nitrogens is 2. The topological polar surface area (TPSA) is 75.0 Å². The van der Waals surface area contributed by atoms with Gasteiger partial charge in [0.1, 0.15) is 0 Å². The molecule has 1 aromatic rings. The van der Waals surface area contributed by atoms with Gasteiger partial charge in [0.2, 0.25) is 5.95 Å². The Hall–Kier alpha value is -1.57. The summed E-state index contributed by atoms with van der Waals surface area (Å²) in [5, 5.41) is 0. The number of nitrogens with two attached hydrogens (primary N) is 1. The maximum atomic E-state index is 12.5. The lowest BCUT2D eigenvalue weighted by molar-refractivity contribution is -0.141. The van der Waals surface area contributed by atoms with Crippen LogP contribution in [0, 0.1) is 0 Å². The Morgan fingerprint density at radius 2 is 2.22 bits per heavy atom. The number of piperidine rings is 1. The molecule has 2 rings (SSSR count). The maximum Gasteiger partial charge on any atom is 0.433 e. The first-order valence-electron chi connectivity index (χ1n) is 5.55. The van der Waals surface area contributed by atoms with Crippen LogP contribution in [0.25, 0.3) is 0 Å². The van der Waals surface area contributed by atoms with Crippen molar-refractivity contribution in [3.8, 4) is 0 Å². The van der Waals surface area contributed by atoms with Gasteiger partial charge in [0, 0.05) is 25.2 Å². The van der Waals surface area contributed by atoms with Gasteiger partial charge in [-0.15, -0.1) is 0 Å². The summed E-state index contributed by atoms with van der Waals surface area (Å²) in [5.74, 6) is -0.0648. The van der Waals surface area contributed by atoms with Crippen molar-refractivity contribution in [1.29, 1.82) is 0 Å². The van der Waals surface area contributed by atoms with E-state index in [1.165, 1.54) is 0 Å². The van der Waals surface area contributed by atoms with Gasteiger partial charge >= 0.3 is 6.18 Å². The molecular formula is C10H13F3N4O. The third kappa shape index (κ3) is 2.81. The van der Waals surface area contributed by atoms with Gasteiger partial charge in [-0.1, -0.05) is 0 Å². The lowest BCUT2D eigenvalue weighted by Crippen LogP contribution is -2.44. The van der Waals surface area contributed by atoms with Crippen molar-refractivity contribution in [2.75, 3.05) is 18.0 Å². The van der Waals surface area contributed by atoms with Crippen molar-refractivity contribution < 1.29 is 13.2 Å². The standard InChI is InChI=1S/C10H13F3N4O/c11-10(12,13)7-4-8(18)16-9(15-7)17-3-1-2-6(14)5-17/h4,6H,1-3,5,14H2,(H,15,16,18). The van der Waals surface area contributed by atoms with Crippen LogP contribution in [0.2, 0.25) is 0 Å². The van der Waals surface area contributed by atoms with Gasteiger partial charge < -0.3 is 10.6 Å². The van der Waals surface area contributed by atoms with Crippen molar-refractivity contribution in [1.82, 2.24) is 9.97 Å². The van der Waals surface area contributed by atoms with Crippen LogP contribution in [-0.2, 0) is 6.18 Å². The summed E-state index contributed by atoms with van der Waals surface area (Å²) < 4.78 is 37.6. The molecule has 8 heteroatoms. The van der Waals surface area contributed by atoms with E-state index in [1.807, 2.05) is 0 Å². The molecule has 0 spiro atoms. The summed E-state index contributed by atoms with van der Waals surface area (Å²) in [7, 11) is 0.